The summed E-state index contributed by atoms with van der Waals surface area (Å²) in [7, 11) is 0.451. The molecule has 0 aliphatic heterocycles. The standard InChI is InChI=1S/C15H17ClN2O6S/c1-18-14(20)9(7-17-18)13(19)8-5-6-10(25(4,21)22)11(12(8)16)15(23-2)24-3/h5-7,15,20H,1-4H3. The summed E-state index contributed by atoms with van der Waals surface area (Å²) in [4.78, 5) is 12.6. The number of aromatic hydroxyl groups is 1. The molecule has 0 aliphatic rings. The lowest BCUT2D eigenvalue weighted by molar-refractivity contribution is -0.107. The Morgan fingerprint density at radius 2 is 1.88 bits per heavy atom. The molecule has 8 nitrogen and oxygen atoms in total. The third kappa shape index (κ3) is 3.54. The van der Waals surface area contributed by atoms with E-state index in [1.807, 2.05) is 0 Å². The van der Waals surface area contributed by atoms with E-state index in [0.29, 0.717) is 0 Å². The molecule has 1 aromatic heterocycles. The van der Waals surface area contributed by atoms with Crippen LogP contribution in [0.2, 0.25) is 5.02 Å². The average molecular weight is 389 g/mol. The van der Waals surface area contributed by atoms with Crippen molar-refractivity contribution in [2.24, 2.45) is 7.05 Å². The zero-order chi connectivity index (χ0) is 18.9. The average Bonchev–Trinajstić information content (AvgIpc) is 2.87. The van der Waals surface area contributed by atoms with Crippen LogP contribution in [0.5, 0.6) is 5.88 Å². The number of carbonyl (C=O) groups is 1. The molecule has 0 amide bonds. The van der Waals surface area contributed by atoms with Crippen molar-refractivity contribution in [3.8, 4) is 5.88 Å². The van der Waals surface area contributed by atoms with E-state index in [1.54, 1.807) is 0 Å². The van der Waals surface area contributed by atoms with Crippen molar-refractivity contribution in [1.29, 1.82) is 0 Å². The number of sulfone groups is 1. The number of halogens is 1. The van der Waals surface area contributed by atoms with Gasteiger partial charge in [0.25, 0.3) is 0 Å². The summed E-state index contributed by atoms with van der Waals surface area (Å²) in [6, 6.07) is 2.53. The second-order valence-corrected chi connectivity index (χ2v) is 7.61. The van der Waals surface area contributed by atoms with Crippen molar-refractivity contribution < 1.29 is 27.8 Å². The second-order valence-electron chi connectivity index (χ2n) is 5.25. The number of methoxy groups -OCH3 is 2. The summed E-state index contributed by atoms with van der Waals surface area (Å²) < 4.78 is 35.5. The molecule has 0 radical (unpaired) electrons. The zero-order valence-electron chi connectivity index (χ0n) is 14.0. The van der Waals surface area contributed by atoms with Gasteiger partial charge in [-0.2, -0.15) is 5.10 Å². The first-order valence-corrected chi connectivity index (χ1v) is 9.24. The first kappa shape index (κ1) is 19.4. The normalized spacial score (nSPS) is 11.9. The van der Waals surface area contributed by atoms with Gasteiger partial charge in [-0.15, -0.1) is 0 Å². The Kier molecular flexibility index (Phi) is 5.52. The molecule has 0 unspecified atom stereocenters. The van der Waals surface area contributed by atoms with Gasteiger partial charge in [0.15, 0.2) is 16.1 Å². The number of aromatic nitrogens is 2. The Labute approximate surface area is 149 Å². The monoisotopic (exact) mass is 388 g/mol. The van der Waals surface area contributed by atoms with E-state index in [-0.39, 0.29) is 32.5 Å². The van der Waals surface area contributed by atoms with Gasteiger partial charge < -0.3 is 14.6 Å². The van der Waals surface area contributed by atoms with Crippen molar-refractivity contribution in [3.05, 3.63) is 40.0 Å². The van der Waals surface area contributed by atoms with Crippen LogP contribution in [0.1, 0.15) is 27.8 Å². The van der Waals surface area contributed by atoms with Gasteiger partial charge in [0, 0.05) is 38.6 Å². The molecular formula is C15H17ClN2O6S. The summed E-state index contributed by atoms with van der Waals surface area (Å²) in [5.41, 5.74) is -0.0521. The fraction of sp³-hybridized carbons (Fsp3) is 0.333. The smallest absolute Gasteiger partial charge is 0.220 e. The van der Waals surface area contributed by atoms with Crippen LogP contribution in [-0.4, -0.2) is 49.6 Å². The molecule has 1 N–H and O–H groups in total. The molecule has 0 saturated carbocycles. The summed E-state index contributed by atoms with van der Waals surface area (Å²) in [6.45, 7) is 0. The molecule has 1 heterocycles. The SMILES string of the molecule is COC(OC)c1c(S(C)(=O)=O)ccc(C(=O)c2cnn(C)c2O)c1Cl. The maximum atomic E-state index is 12.7. The number of ketones is 1. The lowest BCUT2D eigenvalue weighted by Crippen LogP contribution is -2.14. The molecule has 10 heteroatoms. The van der Waals surface area contributed by atoms with E-state index in [0.717, 1.165) is 10.9 Å². The predicted molar refractivity (Wildman–Crippen MR) is 89.6 cm³/mol. The molecule has 0 bridgehead atoms. The van der Waals surface area contributed by atoms with Crippen LogP contribution < -0.4 is 0 Å². The lowest BCUT2D eigenvalue weighted by atomic mass is 10.0. The number of carbonyl (C=O) groups excluding carboxylic acids is 1. The van der Waals surface area contributed by atoms with Crippen molar-refractivity contribution in [2.45, 2.75) is 11.2 Å². The topological polar surface area (TPSA) is 108 Å². The molecule has 0 atom stereocenters. The van der Waals surface area contributed by atoms with Gasteiger partial charge >= 0.3 is 0 Å². The van der Waals surface area contributed by atoms with Crippen LogP contribution >= 0.6 is 11.6 Å². The second kappa shape index (κ2) is 7.12. The minimum atomic E-state index is -3.65. The van der Waals surface area contributed by atoms with Gasteiger partial charge in [0.1, 0.15) is 5.56 Å². The first-order valence-electron chi connectivity index (χ1n) is 6.97. The zero-order valence-corrected chi connectivity index (χ0v) is 15.6. The Bertz CT molecular complexity index is 918. The van der Waals surface area contributed by atoms with Gasteiger partial charge in [-0.1, -0.05) is 11.6 Å². The van der Waals surface area contributed by atoms with Gasteiger partial charge in [0.05, 0.1) is 16.1 Å². The molecule has 0 fully saturated rings. The van der Waals surface area contributed by atoms with Crippen LogP contribution in [0, 0.1) is 0 Å². The molecule has 136 valence electrons. The third-order valence-electron chi connectivity index (χ3n) is 3.60. The van der Waals surface area contributed by atoms with E-state index >= 15 is 0 Å². The highest BCUT2D eigenvalue weighted by Crippen LogP contribution is 2.36. The van der Waals surface area contributed by atoms with Crippen LogP contribution in [-0.2, 0) is 26.4 Å². The Balaban J connectivity index is 2.72. The summed E-state index contributed by atoms with van der Waals surface area (Å²) in [6.07, 6.45) is 1.12. The number of hydrogen-bond acceptors (Lipinski definition) is 7. The van der Waals surface area contributed by atoms with Crippen LogP contribution in [0.4, 0.5) is 0 Å². The Morgan fingerprint density at radius 1 is 1.28 bits per heavy atom. The fourth-order valence-electron chi connectivity index (χ4n) is 2.36. The molecular weight excluding hydrogens is 372 g/mol. The van der Waals surface area contributed by atoms with Gasteiger partial charge in [-0.3, -0.25) is 4.79 Å². The minimum Gasteiger partial charge on any atom is -0.493 e. The summed E-state index contributed by atoms with van der Waals surface area (Å²) in [5, 5.41) is 13.6. The number of nitrogens with zero attached hydrogens (tertiary/aromatic N) is 2. The van der Waals surface area contributed by atoms with E-state index in [1.165, 1.54) is 39.6 Å². The number of benzene rings is 1. The molecule has 0 spiro atoms. The van der Waals surface area contributed by atoms with E-state index in [2.05, 4.69) is 5.10 Å². The minimum absolute atomic E-state index is 0.00790. The number of rotatable bonds is 6. The highest BCUT2D eigenvalue weighted by Gasteiger charge is 2.29. The summed E-state index contributed by atoms with van der Waals surface area (Å²) >= 11 is 6.32. The number of hydrogen-bond donors (Lipinski definition) is 1. The number of ether oxygens (including phenoxy) is 2. The maximum absolute atomic E-state index is 12.7. The fourth-order valence-corrected chi connectivity index (χ4v) is 3.67. The van der Waals surface area contributed by atoms with E-state index in [9.17, 15) is 18.3 Å². The van der Waals surface area contributed by atoms with Crippen LogP contribution in [0.25, 0.3) is 0 Å². The van der Waals surface area contributed by atoms with Gasteiger partial charge in [-0.25, -0.2) is 13.1 Å². The van der Waals surface area contributed by atoms with Crippen molar-refractivity contribution in [3.63, 3.8) is 0 Å². The number of aryl methyl sites for hydroxylation is 1. The highest BCUT2D eigenvalue weighted by atomic mass is 35.5. The van der Waals surface area contributed by atoms with Crippen LogP contribution in [0.15, 0.2) is 23.2 Å². The molecule has 0 aliphatic carbocycles. The maximum Gasteiger partial charge on any atom is 0.220 e. The van der Waals surface area contributed by atoms with Crippen molar-refractivity contribution >= 4 is 27.2 Å². The van der Waals surface area contributed by atoms with Crippen molar-refractivity contribution in [1.82, 2.24) is 9.78 Å². The Hall–Kier alpha value is -1.94. The lowest BCUT2D eigenvalue weighted by Gasteiger charge is -2.20. The molecule has 25 heavy (non-hydrogen) atoms. The van der Waals surface area contributed by atoms with Crippen LogP contribution in [0.3, 0.4) is 0 Å². The summed E-state index contributed by atoms with van der Waals surface area (Å²) in [5.74, 6) is -0.937. The molecule has 0 saturated heterocycles. The highest BCUT2D eigenvalue weighted by molar-refractivity contribution is 7.90. The quantitative estimate of drug-likeness (QED) is 0.592. The molecule has 2 aromatic rings. The predicted octanol–water partition coefficient (Wildman–Crippen LogP) is 1.70. The van der Waals surface area contributed by atoms with Gasteiger partial charge in [-0.05, 0) is 12.1 Å². The molecule has 1 aromatic carbocycles. The molecule has 2 rings (SSSR count). The van der Waals surface area contributed by atoms with Crippen molar-refractivity contribution in [2.75, 3.05) is 20.5 Å². The largest absolute Gasteiger partial charge is 0.493 e. The third-order valence-corrected chi connectivity index (χ3v) is 5.16. The van der Waals surface area contributed by atoms with E-state index in [4.69, 9.17) is 21.1 Å². The van der Waals surface area contributed by atoms with E-state index < -0.39 is 21.9 Å². The Morgan fingerprint density at radius 3 is 2.32 bits per heavy atom. The van der Waals surface area contributed by atoms with Gasteiger partial charge in [0.2, 0.25) is 11.7 Å². The first-order chi connectivity index (χ1) is 11.6.